The Bertz CT molecular complexity index is 3170. The van der Waals surface area contributed by atoms with Crippen LogP contribution in [0.3, 0.4) is 0 Å². The minimum Gasteiger partial charge on any atom is -0.456 e. The first kappa shape index (κ1) is 31.9. The van der Waals surface area contributed by atoms with Gasteiger partial charge in [-0.25, -0.2) is 15.0 Å². The number of rotatable bonds is 6. The summed E-state index contributed by atoms with van der Waals surface area (Å²) in [5, 5.41) is 4.43. The molecule has 11 aromatic rings. The zero-order valence-electron chi connectivity index (χ0n) is 30.2. The molecular weight excluding hydrogens is 685 g/mol. The Morgan fingerprint density at radius 2 is 0.946 bits per heavy atom. The lowest BCUT2D eigenvalue weighted by Crippen LogP contribution is -2.01. The molecule has 5 heteroatoms. The van der Waals surface area contributed by atoms with Gasteiger partial charge in [-0.2, -0.15) is 0 Å². The molecule has 0 bridgehead atoms. The van der Waals surface area contributed by atoms with E-state index in [0.717, 1.165) is 83.0 Å². The summed E-state index contributed by atoms with van der Waals surface area (Å²) in [7, 11) is 0. The topological polar surface area (TPSA) is 56.7 Å². The summed E-state index contributed by atoms with van der Waals surface area (Å²) in [4.78, 5) is 15.4. The Morgan fingerprint density at radius 3 is 1.64 bits per heavy atom. The predicted molar refractivity (Wildman–Crippen MR) is 229 cm³/mol. The fourth-order valence-corrected chi connectivity index (χ4v) is 8.07. The molecule has 8 aromatic carbocycles. The van der Waals surface area contributed by atoms with Crippen LogP contribution in [0.1, 0.15) is 0 Å². The van der Waals surface area contributed by atoms with E-state index in [1.54, 1.807) is 0 Å². The van der Waals surface area contributed by atoms with Crippen LogP contribution in [-0.2, 0) is 0 Å². The van der Waals surface area contributed by atoms with Gasteiger partial charge in [-0.3, -0.25) is 0 Å². The molecule has 0 atom stereocenters. The Balaban J connectivity index is 1.20. The van der Waals surface area contributed by atoms with Crippen molar-refractivity contribution in [3.05, 3.63) is 194 Å². The van der Waals surface area contributed by atoms with E-state index < -0.39 is 0 Å². The second-order valence-electron chi connectivity index (χ2n) is 14.0. The van der Waals surface area contributed by atoms with Crippen LogP contribution in [0.4, 0.5) is 0 Å². The summed E-state index contributed by atoms with van der Waals surface area (Å²) >= 11 is 0. The van der Waals surface area contributed by atoms with E-state index in [-0.39, 0.29) is 0 Å². The Labute approximate surface area is 322 Å². The van der Waals surface area contributed by atoms with Crippen molar-refractivity contribution in [3.63, 3.8) is 0 Å². The van der Waals surface area contributed by atoms with E-state index in [9.17, 15) is 0 Å². The molecule has 0 amide bonds. The van der Waals surface area contributed by atoms with E-state index >= 15 is 0 Å². The van der Waals surface area contributed by atoms with Crippen LogP contribution >= 0.6 is 0 Å². The highest BCUT2D eigenvalue weighted by molar-refractivity contribution is 6.20. The minimum absolute atomic E-state index is 0.599. The van der Waals surface area contributed by atoms with Crippen molar-refractivity contribution in [2.24, 2.45) is 0 Å². The van der Waals surface area contributed by atoms with Gasteiger partial charge in [-0.1, -0.05) is 152 Å². The quantitative estimate of drug-likeness (QED) is 0.172. The number of fused-ring (bicyclic) bond motifs is 6. The number of hydrogen-bond acceptors (Lipinski definition) is 4. The van der Waals surface area contributed by atoms with E-state index in [1.165, 1.54) is 5.39 Å². The maximum absolute atomic E-state index is 6.73. The van der Waals surface area contributed by atoms with Gasteiger partial charge in [0.25, 0.3) is 0 Å². The monoisotopic (exact) mass is 716 g/mol. The molecule has 0 unspecified atom stereocenters. The van der Waals surface area contributed by atoms with E-state index in [1.807, 2.05) is 66.7 Å². The highest BCUT2D eigenvalue weighted by atomic mass is 16.3. The first-order valence-corrected chi connectivity index (χ1v) is 18.8. The summed E-state index contributed by atoms with van der Waals surface area (Å²) in [6, 6.07) is 67.3. The van der Waals surface area contributed by atoms with Gasteiger partial charge in [0.05, 0.1) is 11.0 Å². The van der Waals surface area contributed by atoms with Crippen molar-refractivity contribution >= 4 is 43.7 Å². The van der Waals surface area contributed by atoms with E-state index in [4.69, 9.17) is 19.4 Å². The molecule has 56 heavy (non-hydrogen) atoms. The summed E-state index contributed by atoms with van der Waals surface area (Å²) in [6.45, 7) is 0. The second-order valence-corrected chi connectivity index (χ2v) is 14.0. The Kier molecular flexibility index (Phi) is 7.42. The summed E-state index contributed by atoms with van der Waals surface area (Å²) in [5.41, 5.74) is 12.1. The largest absolute Gasteiger partial charge is 0.456 e. The molecule has 0 radical (unpaired) electrons. The average molecular weight is 717 g/mol. The van der Waals surface area contributed by atoms with Gasteiger partial charge in [0.2, 0.25) is 0 Å². The van der Waals surface area contributed by atoms with Crippen LogP contribution in [0.25, 0.3) is 106 Å². The molecule has 0 aliphatic carbocycles. The second kappa shape index (κ2) is 13.0. The molecule has 0 aliphatic rings. The maximum atomic E-state index is 6.73. The smallest absolute Gasteiger partial charge is 0.164 e. The number of furan rings is 1. The zero-order valence-corrected chi connectivity index (χ0v) is 30.2. The minimum atomic E-state index is 0.599. The van der Waals surface area contributed by atoms with Crippen LogP contribution < -0.4 is 0 Å². The molecule has 0 aliphatic heterocycles. The Morgan fingerprint density at radius 1 is 0.339 bits per heavy atom. The number of nitrogens with zero attached hydrogens (tertiary/aromatic N) is 4. The number of aromatic nitrogens is 4. The number of benzene rings is 8. The molecule has 11 rings (SSSR count). The van der Waals surface area contributed by atoms with Crippen molar-refractivity contribution in [1.29, 1.82) is 0 Å². The van der Waals surface area contributed by atoms with Gasteiger partial charge in [0, 0.05) is 43.9 Å². The van der Waals surface area contributed by atoms with Crippen LogP contribution in [0.2, 0.25) is 0 Å². The summed E-state index contributed by atoms with van der Waals surface area (Å²) in [5.74, 6) is 1.84. The number of para-hydroxylation sites is 2. The van der Waals surface area contributed by atoms with Crippen molar-refractivity contribution in [2.75, 3.05) is 0 Å². The molecule has 5 nitrogen and oxygen atoms in total. The van der Waals surface area contributed by atoms with E-state index in [0.29, 0.717) is 17.5 Å². The first-order valence-electron chi connectivity index (χ1n) is 18.8. The molecule has 0 N–H and O–H groups in total. The predicted octanol–water partition coefficient (Wildman–Crippen LogP) is 13.2. The molecular formula is C51H32N4O. The van der Waals surface area contributed by atoms with Crippen molar-refractivity contribution in [3.8, 4) is 62.1 Å². The summed E-state index contributed by atoms with van der Waals surface area (Å²) < 4.78 is 9.08. The zero-order chi connectivity index (χ0) is 37.0. The standard InChI is InChI=1S/C51H32N4O/c1-5-16-33(17-6-1)36-28-29-38(42(30-36)51-53-49(34-18-7-2-8-19-34)52-50(54-51)35-20-9-3-10-21-35)40-25-15-27-46-48(40)43-31-45-41(32-47(43)56-46)39-24-13-14-26-44(39)55(45)37-22-11-4-12-23-37/h1-32H. The van der Waals surface area contributed by atoms with Crippen LogP contribution in [-0.4, -0.2) is 19.5 Å². The molecule has 3 heterocycles. The molecule has 262 valence electrons. The fourth-order valence-electron chi connectivity index (χ4n) is 8.07. The van der Waals surface area contributed by atoms with Crippen molar-refractivity contribution < 1.29 is 4.42 Å². The van der Waals surface area contributed by atoms with Gasteiger partial charge in [-0.15, -0.1) is 0 Å². The lowest BCUT2D eigenvalue weighted by molar-refractivity contribution is 0.669. The van der Waals surface area contributed by atoms with Gasteiger partial charge >= 0.3 is 0 Å². The Hall–Kier alpha value is -7.63. The molecule has 0 saturated heterocycles. The highest BCUT2D eigenvalue weighted by Crippen LogP contribution is 2.44. The third kappa shape index (κ3) is 5.29. The third-order valence-corrected chi connectivity index (χ3v) is 10.7. The van der Waals surface area contributed by atoms with Crippen LogP contribution in [0.5, 0.6) is 0 Å². The van der Waals surface area contributed by atoms with Gasteiger partial charge in [0.1, 0.15) is 11.2 Å². The molecule has 0 fully saturated rings. The van der Waals surface area contributed by atoms with E-state index in [2.05, 4.69) is 132 Å². The molecule has 3 aromatic heterocycles. The van der Waals surface area contributed by atoms with Gasteiger partial charge < -0.3 is 8.98 Å². The average Bonchev–Trinajstić information content (AvgIpc) is 3.81. The van der Waals surface area contributed by atoms with Gasteiger partial charge in [-0.05, 0) is 64.7 Å². The molecule has 0 spiro atoms. The highest BCUT2D eigenvalue weighted by Gasteiger charge is 2.22. The normalized spacial score (nSPS) is 11.6. The van der Waals surface area contributed by atoms with Crippen molar-refractivity contribution in [1.82, 2.24) is 19.5 Å². The first-order chi connectivity index (χ1) is 27.8. The van der Waals surface area contributed by atoms with Crippen molar-refractivity contribution in [2.45, 2.75) is 0 Å². The fraction of sp³-hybridized carbons (Fsp3) is 0. The lowest BCUT2D eigenvalue weighted by atomic mass is 9.92. The van der Waals surface area contributed by atoms with Crippen LogP contribution in [0.15, 0.2) is 199 Å². The summed E-state index contributed by atoms with van der Waals surface area (Å²) in [6.07, 6.45) is 0. The maximum Gasteiger partial charge on any atom is 0.164 e. The van der Waals surface area contributed by atoms with Crippen LogP contribution in [0, 0.1) is 0 Å². The third-order valence-electron chi connectivity index (χ3n) is 10.7. The van der Waals surface area contributed by atoms with Gasteiger partial charge in [0.15, 0.2) is 17.5 Å². The lowest BCUT2D eigenvalue weighted by Gasteiger charge is -2.15. The number of hydrogen-bond donors (Lipinski definition) is 0. The molecule has 0 saturated carbocycles. The SMILES string of the molecule is c1ccc(-c2ccc(-c3cccc4oc5cc6c7ccccc7n(-c7ccccc7)c6cc5c34)c(-c3nc(-c4ccccc4)nc(-c4ccccc4)n3)c2)cc1.